The zero-order valence-electron chi connectivity index (χ0n) is 20.0. The summed E-state index contributed by atoms with van der Waals surface area (Å²) in [5, 5.41) is 3.26. The van der Waals surface area contributed by atoms with Gasteiger partial charge in [-0.2, -0.15) is 0 Å². The first kappa shape index (κ1) is 24.2. The first-order valence-electron chi connectivity index (χ1n) is 11.4. The number of benzene rings is 3. The third-order valence-corrected chi connectivity index (χ3v) is 6.23. The molecule has 1 N–H and O–H groups in total. The Morgan fingerprint density at radius 2 is 1.69 bits per heavy atom. The predicted octanol–water partition coefficient (Wildman–Crippen LogP) is 5.91. The second kappa shape index (κ2) is 10.6. The smallest absolute Gasteiger partial charge is 0.255 e. The molecule has 0 aliphatic heterocycles. The van der Waals surface area contributed by atoms with Crippen molar-refractivity contribution in [2.75, 3.05) is 18.4 Å². The van der Waals surface area contributed by atoms with Crippen molar-refractivity contribution >= 4 is 29.4 Å². The van der Waals surface area contributed by atoms with Gasteiger partial charge in [0.1, 0.15) is 6.54 Å². The summed E-state index contributed by atoms with van der Waals surface area (Å²) >= 11 is 6.20. The van der Waals surface area contributed by atoms with Crippen molar-refractivity contribution in [2.45, 2.75) is 20.8 Å². The van der Waals surface area contributed by atoms with E-state index in [1.165, 1.54) is 10.5 Å². The minimum Gasteiger partial charge on any atom is -0.330 e. The van der Waals surface area contributed by atoms with Crippen LogP contribution in [0.1, 0.15) is 28.4 Å². The van der Waals surface area contributed by atoms with Gasteiger partial charge in [-0.15, -0.1) is 0 Å². The van der Waals surface area contributed by atoms with Crippen molar-refractivity contribution in [3.05, 3.63) is 101 Å². The van der Waals surface area contributed by atoms with Crippen LogP contribution in [0.5, 0.6) is 0 Å². The standard InChI is InChI=1S/C28H27ClN4O2/c1-4-32(27(35)23-12-8-9-13-24(23)29)18-26(34)31-28-30-25(21-10-6-5-7-11-21)17-33(28)22-15-14-19(2)20(3)16-22/h5-17H,4,18H2,1-3H3,(H,30,31,34). The van der Waals surface area contributed by atoms with E-state index in [1.807, 2.05) is 67.1 Å². The fourth-order valence-electron chi connectivity index (χ4n) is 3.76. The number of rotatable bonds is 7. The number of carbonyl (C=O) groups is 2. The van der Waals surface area contributed by atoms with Crippen LogP contribution >= 0.6 is 11.6 Å². The van der Waals surface area contributed by atoms with E-state index in [9.17, 15) is 9.59 Å². The summed E-state index contributed by atoms with van der Waals surface area (Å²) < 4.78 is 1.86. The number of imidazole rings is 1. The highest BCUT2D eigenvalue weighted by Crippen LogP contribution is 2.25. The third-order valence-electron chi connectivity index (χ3n) is 5.90. The van der Waals surface area contributed by atoms with Crippen molar-refractivity contribution in [3.8, 4) is 16.9 Å². The molecule has 0 spiro atoms. The number of nitrogens with zero attached hydrogens (tertiary/aromatic N) is 3. The second-order valence-electron chi connectivity index (χ2n) is 8.30. The van der Waals surface area contributed by atoms with Gasteiger partial charge in [-0.25, -0.2) is 4.98 Å². The first-order valence-corrected chi connectivity index (χ1v) is 11.8. The summed E-state index contributed by atoms with van der Waals surface area (Å²) in [6.07, 6.45) is 1.90. The molecule has 1 aromatic heterocycles. The summed E-state index contributed by atoms with van der Waals surface area (Å²) in [4.78, 5) is 32.2. The highest BCUT2D eigenvalue weighted by molar-refractivity contribution is 6.33. The number of hydrogen-bond donors (Lipinski definition) is 1. The van der Waals surface area contributed by atoms with Gasteiger partial charge in [0.25, 0.3) is 5.91 Å². The van der Waals surface area contributed by atoms with E-state index in [0.717, 1.165) is 22.5 Å². The maximum atomic E-state index is 13.1. The Morgan fingerprint density at radius 1 is 0.971 bits per heavy atom. The van der Waals surface area contributed by atoms with Crippen LogP contribution in [0.3, 0.4) is 0 Å². The van der Waals surface area contributed by atoms with Gasteiger partial charge in [0.05, 0.1) is 16.3 Å². The van der Waals surface area contributed by atoms with E-state index in [4.69, 9.17) is 16.6 Å². The highest BCUT2D eigenvalue weighted by atomic mass is 35.5. The fraction of sp³-hybridized carbons (Fsp3) is 0.179. The summed E-state index contributed by atoms with van der Waals surface area (Å²) in [5.74, 6) is -0.253. The fourth-order valence-corrected chi connectivity index (χ4v) is 3.98. The normalized spacial score (nSPS) is 10.7. The van der Waals surface area contributed by atoms with Crippen LogP contribution in [-0.2, 0) is 4.79 Å². The van der Waals surface area contributed by atoms with Gasteiger partial charge < -0.3 is 4.90 Å². The van der Waals surface area contributed by atoms with Crippen molar-refractivity contribution in [1.29, 1.82) is 0 Å². The number of anilines is 1. The Hall–Kier alpha value is -3.90. The molecule has 0 aliphatic rings. The molecule has 0 fully saturated rings. The summed E-state index contributed by atoms with van der Waals surface area (Å²) in [5.41, 5.74) is 5.24. The predicted molar refractivity (Wildman–Crippen MR) is 140 cm³/mol. The van der Waals surface area contributed by atoms with Crippen molar-refractivity contribution in [1.82, 2.24) is 14.5 Å². The van der Waals surface area contributed by atoms with Gasteiger partial charge in [0.15, 0.2) is 0 Å². The molecule has 35 heavy (non-hydrogen) atoms. The molecule has 6 nitrogen and oxygen atoms in total. The van der Waals surface area contributed by atoms with E-state index >= 15 is 0 Å². The van der Waals surface area contributed by atoms with Crippen LogP contribution < -0.4 is 5.32 Å². The van der Waals surface area contributed by atoms with Crippen LogP contribution in [0.4, 0.5) is 5.95 Å². The minimum absolute atomic E-state index is 0.124. The van der Waals surface area contributed by atoms with Gasteiger partial charge >= 0.3 is 0 Å². The number of hydrogen-bond acceptors (Lipinski definition) is 3. The Kier molecular flexibility index (Phi) is 7.32. The van der Waals surface area contributed by atoms with E-state index in [-0.39, 0.29) is 18.4 Å². The highest BCUT2D eigenvalue weighted by Gasteiger charge is 2.21. The molecule has 2 amide bonds. The second-order valence-corrected chi connectivity index (χ2v) is 8.71. The molecule has 7 heteroatoms. The van der Waals surface area contributed by atoms with Gasteiger partial charge in [-0.1, -0.05) is 60.1 Å². The molecule has 178 valence electrons. The van der Waals surface area contributed by atoms with Crippen LogP contribution in [0, 0.1) is 13.8 Å². The maximum Gasteiger partial charge on any atom is 0.255 e. The monoisotopic (exact) mass is 486 g/mol. The molecule has 0 saturated heterocycles. The topological polar surface area (TPSA) is 67.2 Å². The van der Waals surface area contributed by atoms with Crippen LogP contribution in [0.2, 0.25) is 5.02 Å². The number of amides is 2. The molecule has 3 aromatic carbocycles. The summed E-state index contributed by atoms with van der Waals surface area (Å²) in [7, 11) is 0. The Morgan fingerprint density at radius 3 is 2.37 bits per heavy atom. The van der Waals surface area contributed by atoms with Gasteiger partial charge in [0.2, 0.25) is 11.9 Å². The van der Waals surface area contributed by atoms with E-state index < -0.39 is 0 Å². The number of aromatic nitrogens is 2. The molecule has 1 heterocycles. The molecule has 0 unspecified atom stereocenters. The maximum absolute atomic E-state index is 13.1. The van der Waals surface area contributed by atoms with Gasteiger partial charge in [-0.05, 0) is 56.2 Å². The quantitative estimate of drug-likeness (QED) is 0.353. The third kappa shape index (κ3) is 5.44. The van der Waals surface area contributed by atoms with Crippen molar-refractivity contribution in [2.24, 2.45) is 0 Å². The number of carbonyl (C=O) groups excluding carboxylic acids is 2. The largest absolute Gasteiger partial charge is 0.330 e. The average molecular weight is 487 g/mol. The molecular weight excluding hydrogens is 460 g/mol. The van der Waals surface area contributed by atoms with Crippen molar-refractivity contribution in [3.63, 3.8) is 0 Å². The Bertz CT molecular complexity index is 1360. The lowest BCUT2D eigenvalue weighted by atomic mass is 10.1. The number of aryl methyl sites for hydroxylation is 2. The molecule has 4 rings (SSSR count). The summed E-state index contributed by atoms with van der Waals surface area (Å²) in [6, 6.07) is 22.7. The van der Waals surface area contributed by atoms with Crippen LogP contribution in [0.25, 0.3) is 16.9 Å². The lowest BCUT2D eigenvalue weighted by Gasteiger charge is -2.21. The van der Waals surface area contributed by atoms with E-state index in [1.54, 1.807) is 24.3 Å². The molecule has 0 aliphatic carbocycles. The van der Waals surface area contributed by atoms with Gasteiger partial charge in [-0.3, -0.25) is 19.5 Å². The number of halogens is 1. The van der Waals surface area contributed by atoms with Crippen LogP contribution in [0.15, 0.2) is 79.0 Å². The molecular formula is C28H27ClN4O2. The first-order chi connectivity index (χ1) is 16.9. The molecule has 0 bridgehead atoms. The summed E-state index contributed by atoms with van der Waals surface area (Å²) in [6.45, 7) is 6.16. The van der Waals surface area contributed by atoms with E-state index in [2.05, 4.69) is 18.3 Å². The lowest BCUT2D eigenvalue weighted by molar-refractivity contribution is -0.116. The Labute approximate surface area is 210 Å². The molecule has 4 aromatic rings. The van der Waals surface area contributed by atoms with Gasteiger partial charge in [0, 0.05) is 24.0 Å². The number of nitrogens with one attached hydrogen (secondary N) is 1. The zero-order chi connectivity index (χ0) is 24.9. The average Bonchev–Trinajstić information content (AvgIpc) is 3.28. The number of likely N-dealkylation sites (N-methyl/N-ethyl adjacent to an activating group) is 1. The SMILES string of the molecule is CCN(CC(=O)Nc1nc(-c2ccccc2)cn1-c1ccc(C)c(C)c1)C(=O)c1ccccc1Cl. The molecule has 0 atom stereocenters. The minimum atomic E-state index is -0.345. The lowest BCUT2D eigenvalue weighted by Crippen LogP contribution is -2.38. The Balaban J connectivity index is 1.62. The zero-order valence-corrected chi connectivity index (χ0v) is 20.7. The van der Waals surface area contributed by atoms with E-state index in [0.29, 0.717) is 23.1 Å². The molecule has 0 saturated carbocycles. The van der Waals surface area contributed by atoms with Crippen LogP contribution in [-0.4, -0.2) is 39.4 Å². The molecule has 0 radical (unpaired) electrons. The van der Waals surface area contributed by atoms with Crippen molar-refractivity contribution < 1.29 is 9.59 Å².